The molecule has 1 aromatic rings. The van der Waals surface area contributed by atoms with Gasteiger partial charge in [-0.1, -0.05) is 0 Å². The molecule has 0 aliphatic heterocycles. The van der Waals surface area contributed by atoms with Crippen molar-refractivity contribution in [3.05, 3.63) is 35.4 Å². The van der Waals surface area contributed by atoms with Crippen molar-refractivity contribution in [1.29, 1.82) is 0 Å². The molecule has 0 atom stereocenters. The molecule has 0 unspecified atom stereocenters. The average Bonchev–Trinajstić information content (AvgIpc) is 2.27. The van der Waals surface area contributed by atoms with Crippen LogP contribution >= 0.6 is 0 Å². The third kappa shape index (κ3) is 3.82. The summed E-state index contributed by atoms with van der Waals surface area (Å²) in [5.74, 6) is -3.07. The molecule has 0 aromatic heterocycles. The Morgan fingerprint density at radius 3 is 1.22 bits per heavy atom. The highest BCUT2D eigenvalue weighted by molar-refractivity contribution is 5.99. The van der Waals surface area contributed by atoms with Gasteiger partial charge in [-0.2, -0.15) is 0 Å². The SMILES string of the molecule is CC(=O)OC(=O)c1ccc(C(=O)OC(C)=O)cc1. The van der Waals surface area contributed by atoms with E-state index >= 15 is 0 Å². The second kappa shape index (κ2) is 5.72. The Morgan fingerprint density at radius 1 is 0.722 bits per heavy atom. The number of hydrogen-bond acceptors (Lipinski definition) is 6. The van der Waals surface area contributed by atoms with Crippen molar-refractivity contribution in [2.45, 2.75) is 13.8 Å². The molecule has 0 radical (unpaired) electrons. The van der Waals surface area contributed by atoms with Crippen LogP contribution in [0.25, 0.3) is 0 Å². The van der Waals surface area contributed by atoms with Gasteiger partial charge in [0.25, 0.3) is 0 Å². The van der Waals surface area contributed by atoms with Gasteiger partial charge in [0.1, 0.15) is 0 Å². The fourth-order valence-corrected chi connectivity index (χ4v) is 1.12. The molecule has 1 aromatic carbocycles. The second-order valence-corrected chi connectivity index (χ2v) is 3.34. The van der Waals surface area contributed by atoms with Gasteiger partial charge >= 0.3 is 23.9 Å². The standard InChI is InChI=1S/C12H10O6/c1-7(13)17-11(15)9-3-5-10(6-4-9)12(16)18-8(2)14/h3-6H,1-2H3. The van der Waals surface area contributed by atoms with Gasteiger partial charge in [-0.05, 0) is 24.3 Å². The largest absolute Gasteiger partial charge is 0.390 e. The molecule has 1 rings (SSSR count). The number of ether oxygens (including phenoxy) is 2. The summed E-state index contributed by atoms with van der Waals surface area (Å²) in [5, 5.41) is 0. The zero-order valence-electron chi connectivity index (χ0n) is 9.76. The highest BCUT2D eigenvalue weighted by Gasteiger charge is 2.13. The van der Waals surface area contributed by atoms with Gasteiger partial charge in [-0.25, -0.2) is 9.59 Å². The number of esters is 4. The second-order valence-electron chi connectivity index (χ2n) is 3.34. The first kappa shape index (κ1) is 13.6. The van der Waals surface area contributed by atoms with E-state index < -0.39 is 23.9 Å². The molecule has 0 fully saturated rings. The van der Waals surface area contributed by atoms with E-state index in [0.717, 1.165) is 13.8 Å². The first-order chi connectivity index (χ1) is 8.40. The van der Waals surface area contributed by atoms with E-state index in [9.17, 15) is 19.2 Å². The molecule has 0 bridgehead atoms. The monoisotopic (exact) mass is 250 g/mol. The maximum Gasteiger partial charge on any atom is 0.345 e. The summed E-state index contributed by atoms with van der Waals surface area (Å²) >= 11 is 0. The molecular formula is C12H10O6. The van der Waals surface area contributed by atoms with Gasteiger partial charge in [0.2, 0.25) is 0 Å². The Kier molecular flexibility index (Phi) is 4.31. The fraction of sp³-hybridized carbons (Fsp3) is 0.167. The summed E-state index contributed by atoms with van der Waals surface area (Å²) in [6.07, 6.45) is 0. The van der Waals surface area contributed by atoms with E-state index in [2.05, 4.69) is 9.47 Å². The molecule has 0 amide bonds. The maximum absolute atomic E-state index is 11.3. The van der Waals surface area contributed by atoms with E-state index in [0.29, 0.717) is 0 Å². The minimum atomic E-state index is -0.811. The molecule has 6 heteroatoms. The quantitative estimate of drug-likeness (QED) is 0.576. The summed E-state index contributed by atoms with van der Waals surface area (Å²) < 4.78 is 8.71. The van der Waals surface area contributed by atoms with Crippen LogP contribution < -0.4 is 0 Å². The van der Waals surface area contributed by atoms with Crippen molar-refractivity contribution in [2.75, 3.05) is 0 Å². The Labute approximate surface area is 102 Å². The Hall–Kier alpha value is -2.50. The molecule has 0 aliphatic rings. The van der Waals surface area contributed by atoms with Crippen LogP contribution in [0.1, 0.15) is 34.6 Å². The average molecular weight is 250 g/mol. The maximum atomic E-state index is 11.3. The molecule has 0 saturated heterocycles. The first-order valence-electron chi connectivity index (χ1n) is 4.95. The molecule has 0 N–H and O–H groups in total. The van der Waals surface area contributed by atoms with Crippen molar-refractivity contribution >= 4 is 23.9 Å². The number of hydrogen-bond donors (Lipinski definition) is 0. The van der Waals surface area contributed by atoms with Gasteiger partial charge in [0, 0.05) is 13.8 Å². The van der Waals surface area contributed by atoms with E-state index in [1.54, 1.807) is 0 Å². The van der Waals surface area contributed by atoms with Crippen molar-refractivity contribution < 1.29 is 28.7 Å². The zero-order chi connectivity index (χ0) is 13.7. The van der Waals surface area contributed by atoms with Gasteiger partial charge < -0.3 is 9.47 Å². The smallest absolute Gasteiger partial charge is 0.345 e. The van der Waals surface area contributed by atoms with Crippen molar-refractivity contribution in [1.82, 2.24) is 0 Å². The molecule has 94 valence electrons. The van der Waals surface area contributed by atoms with Crippen molar-refractivity contribution in [3.63, 3.8) is 0 Å². The van der Waals surface area contributed by atoms with Gasteiger partial charge in [0.05, 0.1) is 11.1 Å². The number of carbonyl (C=O) groups is 4. The minimum absolute atomic E-state index is 0.115. The van der Waals surface area contributed by atoms with Gasteiger partial charge in [-0.3, -0.25) is 9.59 Å². The van der Waals surface area contributed by atoms with Crippen LogP contribution in [0.3, 0.4) is 0 Å². The Morgan fingerprint density at radius 2 is 1.00 bits per heavy atom. The van der Waals surface area contributed by atoms with E-state index in [4.69, 9.17) is 0 Å². The van der Waals surface area contributed by atoms with Crippen LogP contribution in [0.2, 0.25) is 0 Å². The zero-order valence-corrected chi connectivity index (χ0v) is 9.76. The summed E-state index contributed by atoms with van der Waals surface area (Å²) in [4.78, 5) is 43.7. The summed E-state index contributed by atoms with van der Waals surface area (Å²) in [5.41, 5.74) is 0.231. The lowest BCUT2D eigenvalue weighted by Crippen LogP contribution is -2.11. The Balaban J connectivity index is 2.79. The van der Waals surface area contributed by atoms with Crippen LogP contribution in [0.4, 0.5) is 0 Å². The van der Waals surface area contributed by atoms with Crippen LogP contribution in [-0.2, 0) is 19.1 Å². The van der Waals surface area contributed by atoms with E-state index in [1.807, 2.05) is 0 Å². The summed E-state index contributed by atoms with van der Waals surface area (Å²) in [6, 6.07) is 5.17. The van der Waals surface area contributed by atoms with Gasteiger partial charge in [0.15, 0.2) is 0 Å². The van der Waals surface area contributed by atoms with Crippen LogP contribution in [0.5, 0.6) is 0 Å². The van der Waals surface area contributed by atoms with Crippen LogP contribution in [0, 0.1) is 0 Å². The highest BCUT2D eigenvalue weighted by atomic mass is 16.6. The molecular weight excluding hydrogens is 240 g/mol. The first-order valence-corrected chi connectivity index (χ1v) is 4.95. The number of benzene rings is 1. The van der Waals surface area contributed by atoms with Crippen molar-refractivity contribution in [2.24, 2.45) is 0 Å². The highest BCUT2D eigenvalue weighted by Crippen LogP contribution is 2.07. The molecule has 18 heavy (non-hydrogen) atoms. The molecule has 6 nitrogen and oxygen atoms in total. The lowest BCUT2D eigenvalue weighted by atomic mass is 10.1. The third-order valence-corrected chi connectivity index (χ3v) is 1.83. The summed E-state index contributed by atoms with van der Waals surface area (Å²) in [6.45, 7) is 2.22. The topological polar surface area (TPSA) is 86.7 Å². The lowest BCUT2D eigenvalue weighted by Gasteiger charge is -2.02. The predicted molar refractivity (Wildman–Crippen MR) is 58.6 cm³/mol. The lowest BCUT2D eigenvalue weighted by molar-refractivity contribution is -0.136. The molecule has 0 aliphatic carbocycles. The Bertz CT molecular complexity index is 453. The molecule has 0 heterocycles. The number of carbonyl (C=O) groups excluding carboxylic acids is 4. The van der Waals surface area contributed by atoms with Crippen LogP contribution in [0.15, 0.2) is 24.3 Å². The normalized spacial score (nSPS) is 9.44. The predicted octanol–water partition coefficient (Wildman–Crippen LogP) is 1.09. The van der Waals surface area contributed by atoms with Gasteiger partial charge in [-0.15, -0.1) is 0 Å². The number of rotatable bonds is 2. The summed E-state index contributed by atoms with van der Waals surface area (Å²) in [7, 11) is 0. The fourth-order valence-electron chi connectivity index (χ4n) is 1.12. The van der Waals surface area contributed by atoms with E-state index in [1.165, 1.54) is 24.3 Å². The van der Waals surface area contributed by atoms with E-state index in [-0.39, 0.29) is 11.1 Å². The van der Waals surface area contributed by atoms with Crippen molar-refractivity contribution in [3.8, 4) is 0 Å². The molecule has 0 saturated carbocycles. The minimum Gasteiger partial charge on any atom is -0.390 e. The molecule has 0 spiro atoms. The van der Waals surface area contributed by atoms with Crippen LogP contribution in [-0.4, -0.2) is 23.9 Å². The third-order valence-electron chi connectivity index (χ3n) is 1.83.